The third-order valence-electron chi connectivity index (χ3n) is 7.51. The van der Waals surface area contributed by atoms with Crippen LogP contribution in [-0.2, 0) is 21.4 Å². The quantitative estimate of drug-likeness (QED) is 0.107. The number of carbonyl (C=O) groups excluding carboxylic acids is 1. The topological polar surface area (TPSA) is 61.3 Å². The van der Waals surface area contributed by atoms with E-state index in [1.807, 2.05) is 30.8 Å². The molecule has 38 heavy (non-hydrogen) atoms. The van der Waals surface area contributed by atoms with Gasteiger partial charge in [0.1, 0.15) is 11.4 Å². The van der Waals surface area contributed by atoms with Crippen LogP contribution in [0.25, 0.3) is 0 Å². The molecule has 0 aliphatic carbocycles. The first-order chi connectivity index (χ1) is 18.5. The van der Waals surface area contributed by atoms with Gasteiger partial charge in [0.2, 0.25) is 0 Å². The summed E-state index contributed by atoms with van der Waals surface area (Å²) in [5.74, 6) is 8.69. The van der Waals surface area contributed by atoms with E-state index in [1.54, 1.807) is 0 Å². The van der Waals surface area contributed by atoms with Crippen molar-refractivity contribution in [2.24, 2.45) is 0 Å². The standard InChI is InChI=1S/C32H44N2O3S/c1-5-9-10-13-22-38-30-24-29-28(32(6-2,7-3)20-21-37-29)23-25(30)16-17-27-19-18-26(33-34-27)14-11-12-15-31(35)36-8-4/h18-19,23-24H,5-15,20-22H2,1-4H3. The monoisotopic (exact) mass is 536 g/mol. The van der Waals surface area contributed by atoms with Crippen molar-refractivity contribution >= 4 is 17.7 Å². The lowest BCUT2D eigenvalue weighted by atomic mass is 9.71. The number of aromatic nitrogens is 2. The van der Waals surface area contributed by atoms with Crippen LogP contribution in [0, 0.1) is 11.8 Å². The fourth-order valence-corrected chi connectivity index (χ4v) is 6.02. The maximum Gasteiger partial charge on any atom is 0.305 e. The van der Waals surface area contributed by atoms with Gasteiger partial charge in [0, 0.05) is 27.9 Å². The Morgan fingerprint density at radius 1 is 1.03 bits per heavy atom. The van der Waals surface area contributed by atoms with Crippen LogP contribution >= 0.6 is 11.8 Å². The molecule has 0 saturated carbocycles. The van der Waals surface area contributed by atoms with Gasteiger partial charge in [-0.25, -0.2) is 0 Å². The molecule has 0 spiro atoms. The van der Waals surface area contributed by atoms with E-state index in [-0.39, 0.29) is 11.4 Å². The molecule has 1 aliphatic rings. The molecule has 0 bridgehead atoms. The van der Waals surface area contributed by atoms with Gasteiger partial charge < -0.3 is 9.47 Å². The third-order valence-corrected chi connectivity index (χ3v) is 8.66. The summed E-state index contributed by atoms with van der Waals surface area (Å²) in [6.45, 7) is 9.86. The molecule has 1 aliphatic heterocycles. The predicted molar refractivity (Wildman–Crippen MR) is 156 cm³/mol. The molecular formula is C32H44N2O3S. The molecule has 2 heterocycles. The number of unbranched alkanes of at least 4 members (excludes halogenated alkanes) is 4. The van der Waals surface area contributed by atoms with E-state index < -0.39 is 0 Å². The molecule has 2 aromatic rings. The van der Waals surface area contributed by atoms with Crippen LogP contribution < -0.4 is 4.74 Å². The molecular weight excluding hydrogens is 492 g/mol. The highest BCUT2D eigenvalue weighted by Gasteiger charge is 2.35. The molecule has 0 fully saturated rings. The maximum absolute atomic E-state index is 11.5. The van der Waals surface area contributed by atoms with Crippen molar-refractivity contribution < 1.29 is 14.3 Å². The molecule has 0 amide bonds. The van der Waals surface area contributed by atoms with Gasteiger partial charge in [-0.05, 0) is 87.8 Å². The fraction of sp³-hybridized carbons (Fsp3) is 0.594. The zero-order valence-electron chi connectivity index (χ0n) is 23.7. The van der Waals surface area contributed by atoms with Gasteiger partial charge in [0.15, 0.2) is 0 Å². The van der Waals surface area contributed by atoms with E-state index in [1.165, 1.54) is 36.1 Å². The number of esters is 1. The van der Waals surface area contributed by atoms with Crippen LogP contribution in [0.4, 0.5) is 0 Å². The van der Waals surface area contributed by atoms with E-state index in [0.717, 1.165) is 67.9 Å². The van der Waals surface area contributed by atoms with Crippen LogP contribution in [-0.4, -0.2) is 35.1 Å². The van der Waals surface area contributed by atoms with E-state index in [9.17, 15) is 4.79 Å². The number of hydrogen-bond acceptors (Lipinski definition) is 6. The molecule has 0 atom stereocenters. The number of thioether (sulfide) groups is 1. The molecule has 0 radical (unpaired) electrons. The van der Waals surface area contributed by atoms with Crippen molar-refractivity contribution in [3.63, 3.8) is 0 Å². The minimum Gasteiger partial charge on any atom is -0.493 e. The number of carbonyl (C=O) groups is 1. The summed E-state index contributed by atoms with van der Waals surface area (Å²) in [4.78, 5) is 12.7. The van der Waals surface area contributed by atoms with Crippen molar-refractivity contribution in [3.05, 3.63) is 46.8 Å². The number of rotatable bonds is 14. The highest BCUT2D eigenvalue weighted by atomic mass is 32.2. The minimum absolute atomic E-state index is 0.133. The Bertz CT molecular complexity index is 1080. The first-order valence-electron chi connectivity index (χ1n) is 14.5. The molecule has 1 aromatic heterocycles. The number of fused-ring (bicyclic) bond motifs is 1. The molecule has 5 nitrogen and oxygen atoms in total. The predicted octanol–water partition coefficient (Wildman–Crippen LogP) is 7.67. The summed E-state index contributed by atoms with van der Waals surface area (Å²) in [5, 5.41) is 8.73. The second-order valence-electron chi connectivity index (χ2n) is 10.0. The number of ether oxygens (including phenoxy) is 2. The van der Waals surface area contributed by atoms with Crippen molar-refractivity contribution in [2.45, 2.75) is 109 Å². The number of nitrogens with zero attached hydrogens (tertiary/aromatic N) is 2. The van der Waals surface area contributed by atoms with Crippen LogP contribution in [0.5, 0.6) is 5.75 Å². The van der Waals surface area contributed by atoms with Crippen molar-refractivity contribution in [2.75, 3.05) is 19.0 Å². The Balaban J connectivity index is 1.75. The summed E-state index contributed by atoms with van der Waals surface area (Å²) in [7, 11) is 0. The van der Waals surface area contributed by atoms with Crippen molar-refractivity contribution in [1.82, 2.24) is 10.2 Å². The summed E-state index contributed by atoms with van der Waals surface area (Å²) in [6.07, 6.45) is 11.2. The molecule has 0 unspecified atom stereocenters. The maximum atomic E-state index is 11.5. The van der Waals surface area contributed by atoms with E-state index in [0.29, 0.717) is 18.7 Å². The second kappa shape index (κ2) is 15.8. The van der Waals surface area contributed by atoms with Gasteiger partial charge in [-0.1, -0.05) is 46.0 Å². The fourth-order valence-electron chi connectivity index (χ4n) is 5.00. The van der Waals surface area contributed by atoms with Gasteiger partial charge in [-0.2, -0.15) is 5.10 Å². The number of benzene rings is 1. The summed E-state index contributed by atoms with van der Waals surface area (Å²) < 4.78 is 11.1. The van der Waals surface area contributed by atoms with Gasteiger partial charge >= 0.3 is 5.97 Å². The Morgan fingerprint density at radius 2 is 1.87 bits per heavy atom. The molecule has 3 rings (SSSR count). The van der Waals surface area contributed by atoms with E-state index in [2.05, 4.69) is 54.9 Å². The zero-order valence-corrected chi connectivity index (χ0v) is 24.6. The van der Waals surface area contributed by atoms with Gasteiger partial charge in [0.25, 0.3) is 0 Å². The molecule has 0 saturated heterocycles. The Labute approximate surface area is 233 Å². The van der Waals surface area contributed by atoms with Gasteiger partial charge in [0.05, 0.1) is 18.9 Å². The van der Waals surface area contributed by atoms with Gasteiger partial charge in [-0.3, -0.25) is 4.79 Å². The van der Waals surface area contributed by atoms with E-state index in [4.69, 9.17) is 9.47 Å². The highest BCUT2D eigenvalue weighted by Crippen LogP contribution is 2.46. The first kappa shape index (κ1) is 30.0. The molecule has 0 N–H and O–H groups in total. The largest absolute Gasteiger partial charge is 0.493 e. The highest BCUT2D eigenvalue weighted by molar-refractivity contribution is 7.99. The number of hydrogen-bond donors (Lipinski definition) is 0. The van der Waals surface area contributed by atoms with Crippen LogP contribution in [0.3, 0.4) is 0 Å². The van der Waals surface area contributed by atoms with E-state index >= 15 is 0 Å². The Kier molecular flexibility index (Phi) is 12.5. The Morgan fingerprint density at radius 3 is 2.58 bits per heavy atom. The second-order valence-corrected chi connectivity index (χ2v) is 11.1. The van der Waals surface area contributed by atoms with Crippen LogP contribution in [0.2, 0.25) is 0 Å². The average molecular weight is 537 g/mol. The minimum atomic E-state index is -0.133. The lowest BCUT2D eigenvalue weighted by molar-refractivity contribution is -0.143. The van der Waals surface area contributed by atoms with Crippen LogP contribution in [0.15, 0.2) is 29.2 Å². The summed E-state index contributed by atoms with van der Waals surface area (Å²) in [6, 6.07) is 8.45. The summed E-state index contributed by atoms with van der Waals surface area (Å²) >= 11 is 1.89. The Hall–Kier alpha value is -2.52. The molecule has 6 heteroatoms. The molecule has 1 aromatic carbocycles. The molecule has 206 valence electrons. The SMILES string of the molecule is CCCCCCSc1cc2c(cc1C#Cc1ccc(CCCCC(=O)OCC)nn1)C(CC)(CC)CCO2. The first-order valence-corrected chi connectivity index (χ1v) is 15.5. The lowest BCUT2D eigenvalue weighted by Gasteiger charge is -2.38. The summed E-state index contributed by atoms with van der Waals surface area (Å²) in [5.41, 5.74) is 4.11. The normalized spacial score (nSPS) is 13.7. The van der Waals surface area contributed by atoms with Gasteiger partial charge in [-0.15, -0.1) is 16.9 Å². The average Bonchev–Trinajstić information content (AvgIpc) is 2.94. The van der Waals surface area contributed by atoms with Crippen LogP contribution in [0.1, 0.15) is 114 Å². The van der Waals surface area contributed by atoms with Crippen molar-refractivity contribution in [1.29, 1.82) is 0 Å². The third kappa shape index (κ3) is 8.50. The smallest absolute Gasteiger partial charge is 0.305 e. The lowest BCUT2D eigenvalue weighted by Crippen LogP contribution is -2.32. The number of aryl methyl sites for hydroxylation is 1. The van der Waals surface area contributed by atoms with Crippen molar-refractivity contribution in [3.8, 4) is 17.6 Å². The zero-order chi connectivity index (χ0) is 27.2.